The molecular formula is C23H33N3O3. The van der Waals surface area contributed by atoms with Gasteiger partial charge in [-0.1, -0.05) is 18.2 Å². The number of methoxy groups -OCH3 is 1. The second-order valence-electron chi connectivity index (χ2n) is 8.10. The number of hydrogen-bond donors (Lipinski definition) is 2. The third-order valence-corrected chi connectivity index (χ3v) is 5.84. The van der Waals surface area contributed by atoms with Gasteiger partial charge in [0, 0.05) is 36.1 Å². The molecule has 29 heavy (non-hydrogen) atoms. The second-order valence-corrected chi connectivity index (χ2v) is 8.10. The molecule has 1 unspecified atom stereocenters. The summed E-state index contributed by atoms with van der Waals surface area (Å²) in [6.07, 6.45) is 7.23. The monoisotopic (exact) mass is 399 g/mol. The van der Waals surface area contributed by atoms with Gasteiger partial charge in [0.1, 0.15) is 0 Å². The first kappa shape index (κ1) is 21.4. The molecule has 0 spiro atoms. The molecule has 3 rings (SSSR count). The topological polar surface area (TPSA) is 72.4 Å². The summed E-state index contributed by atoms with van der Waals surface area (Å²) in [5.74, 6) is 0.450. The molecule has 1 fully saturated rings. The highest BCUT2D eigenvalue weighted by Gasteiger charge is 2.16. The number of esters is 1. The van der Waals surface area contributed by atoms with Gasteiger partial charge in [0.25, 0.3) is 0 Å². The van der Waals surface area contributed by atoms with E-state index in [-0.39, 0.29) is 24.3 Å². The van der Waals surface area contributed by atoms with Crippen molar-refractivity contribution in [1.29, 1.82) is 0 Å². The zero-order chi connectivity index (χ0) is 20.6. The van der Waals surface area contributed by atoms with E-state index in [1.807, 2.05) is 6.92 Å². The number of nitrogens with zero attached hydrogens (tertiary/aromatic N) is 1. The summed E-state index contributed by atoms with van der Waals surface area (Å²) < 4.78 is 7.00. The largest absolute Gasteiger partial charge is 0.469 e. The lowest BCUT2D eigenvalue weighted by Crippen LogP contribution is -2.34. The van der Waals surface area contributed by atoms with Crippen molar-refractivity contribution in [1.82, 2.24) is 15.2 Å². The maximum absolute atomic E-state index is 12.3. The van der Waals surface area contributed by atoms with E-state index < -0.39 is 0 Å². The van der Waals surface area contributed by atoms with Crippen molar-refractivity contribution >= 4 is 22.8 Å². The van der Waals surface area contributed by atoms with Gasteiger partial charge in [-0.05, 0) is 63.2 Å². The molecule has 0 aliphatic carbocycles. The summed E-state index contributed by atoms with van der Waals surface area (Å²) in [5.41, 5.74) is 2.46. The van der Waals surface area contributed by atoms with Gasteiger partial charge < -0.3 is 19.9 Å². The Balaban J connectivity index is 1.59. The summed E-state index contributed by atoms with van der Waals surface area (Å²) in [5, 5.41) is 7.55. The van der Waals surface area contributed by atoms with Gasteiger partial charge in [-0.15, -0.1) is 0 Å². The quantitative estimate of drug-likeness (QED) is 0.636. The molecule has 158 valence electrons. The van der Waals surface area contributed by atoms with Gasteiger partial charge in [0.2, 0.25) is 5.91 Å². The number of benzene rings is 1. The number of aromatic nitrogens is 1. The Morgan fingerprint density at radius 1 is 1.28 bits per heavy atom. The smallest absolute Gasteiger partial charge is 0.307 e. The molecule has 1 aromatic heterocycles. The van der Waals surface area contributed by atoms with Gasteiger partial charge >= 0.3 is 5.97 Å². The lowest BCUT2D eigenvalue weighted by atomic mass is 9.95. The van der Waals surface area contributed by atoms with Crippen LogP contribution in [0.4, 0.5) is 0 Å². The maximum Gasteiger partial charge on any atom is 0.307 e. The highest BCUT2D eigenvalue weighted by Crippen LogP contribution is 2.25. The summed E-state index contributed by atoms with van der Waals surface area (Å²) in [6.45, 7) is 5.10. The van der Waals surface area contributed by atoms with Gasteiger partial charge in [-0.3, -0.25) is 9.59 Å². The van der Waals surface area contributed by atoms with E-state index in [0.29, 0.717) is 12.8 Å². The molecule has 1 aliphatic heterocycles. The van der Waals surface area contributed by atoms with Crippen molar-refractivity contribution in [3.8, 4) is 0 Å². The van der Waals surface area contributed by atoms with Crippen molar-refractivity contribution in [2.75, 3.05) is 20.2 Å². The Kier molecular flexibility index (Phi) is 7.69. The molecule has 0 saturated carbocycles. The number of amides is 1. The Labute approximate surface area is 173 Å². The molecule has 0 radical (unpaired) electrons. The predicted octanol–water partition coefficient (Wildman–Crippen LogP) is 3.03. The number of carbonyl (C=O) groups is 2. The molecule has 0 bridgehead atoms. The number of ether oxygens (including phenoxy) is 1. The number of nitrogens with one attached hydrogen (secondary N) is 2. The van der Waals surface area contributed by atoms with E-state index in [4.69, 9.17) is 0 Å². The minimum atomic E-state index is -0.311. The number of fused-ring (bicyclic) bond motifs is 1. The molecule has 2 N–H and O–H groups in total. The molecule has 1 aliphatic rings. The van der Waals surface area contributed by atoms with Crippen LogP contribution in [-0.2, 0) is 27.3 Å². The number of piperidine rings is 1. The first-order valence-electron chi connectivity index (χ1n) is 10.7. The Morgan fingerprint density at radius 2 is 2.03 bits per heavy atom. The normalized spacial score (nSPS) is 15.9. The Hall–Kier alpha value is -2.34. The van der Waals surface area contributed by atoms with Crippen LogP contribution in [0.1, 0.15) is 44.6 Å². The van der Waals surface area contributed by atoms with Crippen molar-refractivity contribution in [2.45, 2.75) is 58.0 Å². The standard InChI is InChI=1S/C23H33N3O3/c1-17(15-23(28)29-2)25-22(27)8-7-19-16-26(21-6-4-3-5-20(19)21)14-11-18-9-12-24-13-10-18/h3-6,16-18,24H,7-15H2,1-2H3,(H,25,27). The highest BCUT2D eigenvalue weighted by atomic mass is 16.5. The van der Waals surface area contributed by atoms with E-state index in [2.05, 4.69) is 50.4 Å². The number of aryl methyl sites for hydroxylation is 2. The van der Waals surface area contributed by atoms with Crippen LogP contribution in [0.3, 0.4) is 0 Å². The van der Waals surface area contributed by atoms with Crippen LogP contribution in [0.25, 0.3) is 10.9 Å². The molecule has 1 saturated heterocycles. The Morgan fingerprint density at radius 3 is 2.79 bits per heavy atom. The molecule has 1 atom stereocenters. The van der Waals surface area contributed by atoms with E-state index >= 15 is 0 Å². The summed E-state index contributed by atoms with van der Waals surface area (Å²) >= 11 is 0. The molecular weight excluding hydrogens is 366 g/mol. The minimum Gasteiger partial charge on any atom is -0.469 e. The van der Waals surface area contributed by atoms with Crippen LogP contribution >= 0.6 is 0 Å². The van der Waals surface area contributed by atoms with Crippen molar-refractivity contribution < 1.29 is 14.3 Å². The fourth-order valence-corrected chi connectivity index (χ4v) is 4.18. The van der Waals surface area contributed by atoms with Gasteiger partial charge in [0.15, 0.2) is 0 Å². The summed E-state index contributed by atoms with van der Waals surface area (Å²) in [7, 11) is 1.36. The average molecular weight is 400 g/mol. The highest BCUT2D eigenvalue weighted by molar-refractivity contribution is 5.85. The molecule has 1 amide bonds. The van der Waals surface area contributed by atoms with Crippen molar-refractivity contribution in [3.05, 3.63) is 36.0 Å². The zero-order valence-corrected chi connectivity index (χ0v) is 17.6. The fourth-order valence-electron chi connectivity index (χ4n) is 4.18. The van der Waals surface area contributed by atoms with Crippen LogP contribution < -0.4 is 10.6 Å². The molecule has 1 aromatic carbocycles. The SMILES string of the molecule is COC(=O)CC(C)NC(=O)CCc1cn(CCC2CCNCC2)c2ccccc12. The van der Waals surface area contributed by atoms with Gasteiger partial charge in [-0.25, -0.2) is 0 Å². The lowest BCUT2D eigenvalue weighted by molar-refractivity contribution is -0.141. The Bertz CT molecular complexity index is 824. The van der Waals surface area contributed by atoms with Crippen molar-refractivity contribution in [3.63, 3.8) is 0 Å². The summed E-state index contributed by atoms with van der Waals surface area (Å²) in [4.78, 5) is 23.6. The average Bonchev–Trinajstić information content (AvgIpc) is 3.09. The number of para-hydroxylation sites is 1. The molecule has 6 nitrogen and oxygen atoms in total. The first-order chi connectivity index (χ1) is 14.1. The predicted molar refractivity (Wildman–Crippen MR) is 115 cm³/mol. The van der Waals surface area contributed by atoms with E-state index in [1.54, 1.807) is 0 Å². The zero-order valence-electron chi connectivity index (χ0n) is 17.6. The first-order valence-corrected chi connectivity index (χ1v) is 10.7. The van der Waals surface area contributed by atoms with Crippen LogP contribution in [0, 0.1) is 5.92 Å². The lowest BCUT2D eigenvalue weighted by Gasteiger charge is -2.22. The van der Waals surface area contributed by atoms with Crippen LogP contribution in [0.15, 0.2) is 30.5 Å². The number of rotatable bonds is 9. The maximum atomic E-state index is 12.3. The summed E-state index contributed by atoms with van der Waals surface area (Å²) in [6, 6.07) is 8.22. The van der Waals surface area contributed by atoms with Crippen LogP contribution in [-0.4, -0.2) is 42.7 Å². The molecule has 2 heterocycles. The van der Waals surface area contributed by atoms with Gasteiger partial charge in [-0.2, -0.15) is 0 Å². The van der Waals surface area contributed by atoms with E-state index in [0.717, 1.165) is 25.6 Å². The number of hydrogen-bond acceptors (Lipinski definition) is 4. The fraction of sp³-hybridized carbons (Fsp3) is 0.565. The van der Waals surface area contributed by atoms with E-state index in [1.165, 1.54) is 42.8 Å². The number of carbonyl (C=O) groups excluding carboxylic acids is 2. The van der Waals surface area contributed by atoms with Crippen LogP contribution in [0.5, 0.6) is 0 Å². The third-order valence-electron chi connectivity index (χ3n) is 5.84. The molecule has 6 heteroatoms. The molecule has 2 aromatic rings. The van der Waals surface area contributed by atoms with Crippen molar-refractivity contribution in [2.24, 2.45) is 5.92 Å². The van der Waals surface area contributed by atoms with E-state index in [9.17, 15) is 9.59 Å². The van der Waals surface area contributed by atoms with Crippen LogP contribution in [0.2, 0.25) is 0 Å². The minimum absolute atomic E-state index is 0.0343. The van der Waals surface area contributed by atoms with Gasteiger partial charge in [0.05, 0.1) is 13.5 Å². The third kappa shape index (κ3) is 6.07. The second kappa shape index (κ2) is 10.4.